The Labute approximate surface area is 180 Å². The Morgan fingerprint density at radius 1 is 1.20 bits per heavy atom. The Morgan fingerprint density at radius 2 is 1.97 bits per heavy atom. The van der Waals surface area contributed by atoms with Crippen molar-refractivity contribution >= 4 is 51.8 Å². The van der Waals surface area contributed by atoms with Crippen molar-refractivity contribution in [2.75, 3.05) is 29.2 Å². The van der Waals surface area contributed by atoms with Gasteiger partial charge in [0.2, 0.25) is 16.9 Å². The van der Waals surface area contributed by atoms with Crippen LogP contribution in [0.1, 0.15) is 19.8 Å². The van der Waals surface area contributed by atoms with E-state index in [4.69, 9.17) is 9.47 Å². The molecule has 1 aromatic heterocycles. The van der Waals surface area contributed by atoms with Gasteiger partial charge in [-0.1, -0.05) is 23.1 Å². The molecule has 10 nitrogen and oxygen atoms in total. The van der Waals surface area contributed by atoms with Gasteiger partial charge in [0, 0.05) is 24.7 Å². The molecule has 30 heavy (non-hydrogen) atoms. The van der Waals surface area contributed by atoms with Crippen molar-refractivity contribution in [1.29, 1.82) is 0 Å². The molecule has 0 spiro atoms. The van der Waals surface area contributed by atoms with Crippen molar-refractivity contribution < 1.29 is 23.9 Å². The summed E-state index contributed by atoms with van der Waals surface area (Å²) in [5.41, 5.74) is 0.482. The third-order valence-corrected chi connectivity index (χ3v) is 6.29. The van der Waals surface area contributed by atoms with Gasteiger partial charge < -0.3 is 14.8 Å². The van der Waals surface area contributed by atoms with Gasteiger partial charge in [0.05, 0.1) is 5.75 Å². The fourth-order valence-corrected chi connectivity index (χ4v) is 4.57. The van der Waals surface area contributed by atoms with Gasteiger partial charge in [0.25, 0.3) is 0 Å². The van der Waals surface area contributed by atoms with E-state index in [1.165, 1.54) is 18.3 Å². The number of urea groups is 1. The van der Waals surface area contributed by atoms with E-state index in [9.17, 15) is 14.4 Å². The van der Waals surface area contributed by atoms with E-state index in [0.717, 1.165) is 24.6 Å². The predicted molar refractivity (Wildman–Crippen MR) is 111 cm³/mol. The summed E-state index contributed by atoms with van der Waals surface area (Å²) in [6.45, 7) is 2.42. The lowest BCUT2D eigenvalue weighted by Crippen LogP contribution is -2.35. The van der Waals surface area contributed by atoms with Crippen LogP contribution in [-0.4, -0.2) is 53.1 Å². The molecule has 2 N–H and O–H groups in total. The Balaban J connectivity index is 1.26. The van der Waals surface area contributed by atoms with Gasteiger partial charge in [0.1, 0.15) is 13.2 Å². The Bertz CT molecular complexity index is 978. The molecule has 0 unspecified atom stereocenters. The number of carbonyl (C=O) groups is 3. The molecule has 1 aliphatic carbocycles. The maximum absolute atomic E-state index is 12.1. The van der Waals surface area contributed by atoms with Crippen LogP contribution in [-0.2, 0) is 9.59 Å². The van der Waals surface area contributed by atoms with Gasteiger partial charge >= 0.3 is 6.03 Å². The highest BCUT2D eigenvalue weighted by Gasteiger charge is 2.34. The Morgan fingerprint density at radius 3 is 2.70 bits per heavy atom. The predicted octanol–water partition coefficient (Wildman–Crippen LogP) is 2.27. The number of thioether (sulfide) groups is 1. The fourth-order valence-electron chi connectivity index (χ4n) is 2.81. The van der Waals surface area contributed by atoms with Crippen LogP contribution in [0.4, 0.5) is 15.6 Å². The molecular weight excluding hydrogens is 430 g/mol. The van der Waals surface area contributed by atoms with Crippen molar-refractivity contribution in [2.45, 2.75) is 30.1 Å². The van der Waals surface area contributed by atoms with Gasteiger partial charge in [-0.05, 0) is 25.0 Å². The minimum absolute atomic E-state index is 0.00725. The van der Waals surface area contributed by atoms with Crippen LogP contribution in [0.3, 0.4) is 0 Å². The first-order chi connectivity index (χ1) is 14.5. The normalized spacial score (nSPS) is 14.7. The van der Waals surface area contributed by atoms with Crippen molar-refractivity contribution in [3.63, 3.8) is 0 Å². The zero-order valence-electron chi connectivity index (χ0n) is 16.0. The van der Waals surface area contributed by atoms with Gasteiger partial charge in [0.15, 0.2) is 15.8 Å². The van der Waals surface area contributed by atoms with E-state index in [1.807, 2.05) is 0 Å². The fraction of sp³-hybridized carbons (Fsp3) is 0.389. The number of fused-ring (bicyclic) bond motifs is 1. The molecule has 1 fully saturated rings. The van der Waals surface area contributed by atoms with Crippen molar-refractivity contribution in [2.24, 2.45) is 0 Å². The number of ether oxygens (including phenoxy) is 2. The third-order valence-electron chi connectivity index (χ3n) is 4.23. The second-order valence-corrected chi connectivity index (χ2v) is 8.80. The number of anilines is 2. The molecule has 0 atom stereocenters. The summed E-state index contributed by atoms with van der Waals surface area (Å²) >= 11 is 2.41. The van der Waals surface area contributed by atoms with E-state index in [-0.39, 0.29) is 17.7 Å². The van der Waals surface area contributed by atoms with E-state index in [0.29, 0.717) is 39.9 Å². The minimum Gasteiger partial charge on any atom is -0.486 e. The van der Waals surface area contributed by atoms with Crippen molar-refractivity contribution in [1.82, 2.24) is 15.5 Å². The van der Waals surface area contributed by atoms with E-state index >= 15 is 0 Å². The highest BCUT2D eigenvalue weighted by molar-refractivity contribution is 8.01. The van der Waals surface area contributed by atoms with Crippen molar-refractivity contribution in [3.8, 4) is 11.5 Å². The second-order valence-electron chi connectivity index (χ2n) is 6.62. The summed E-state index contributed by atoms with van der Waals surface area (Å²) in [4.78, 5) is 37.6. The number of amides is 4. The van der Waals surface area contributed by atoms with E-state index in [1.54, 1.807) is 23.1 Å². The summed E-state index contributed by atoms with van der Waals surface area (Å²) in [6.07, 6.45) is 1.92. The first-order valence-corrected chi connectivity index (χ1v) is 11.1. The van der Waals surface area contributed by atoms with Crippen LogP contribution in [0, 0.1) is 0 Å². The first-order valence-electron chi connectivity index (χ1n) is 9.26. The lowest BCUT2D eigenvalue weighted by Gasteiger charge is -2.19. The summed E-state index contributed by atoms with van der Waals surface area (Å²) in [7, 11) is 0. The third kappa shape index (κ3) is 5.00. The molecule has 1 aromatic carbocycles. The number of aromatic nitrogens is 2. The molecule has 0 bridgehead atoms. The number of rotatable bonds is 6. The number of hydrogen-bond donors (Lipinski definition) is 2. The highest BCUT2D eigenvalue weighted by atomic mass is 32.2. The summed E-state index contributed by atoms with van der Waals surface area (Å²) in [6, 6.07) is 4.54. The summed E-state index contributed by atoms with van der Waals surface area (Å²) < 4.78 is 11.4. The molecule has 2 aromatic rings. The Hall–Kier alpha value is -2.86. The number of nitrogens with zero attached hydrogens (tertiary/aromatic N) is 3. The molecular formula is C18H19N5O5S2. The molecule has 0 radical (unpaired) electrons. The van der Waals surface area contributed by atoms with Gasteiger partial charge in [-0.3, -0.25) is 19.8 Å². The van der Waals surface area contributed by atoms with Crippen LogP contribution < -0.4 is 25.0 Å². The minimum atomic E-state index is -0.647. The molecule has 1 aliphatic heterocycles. The lowest BCUT2D eigenvalue weighted by atomic mass is 10.2. The number of imide groups is 1. The topological polar surface area (TPSA) is 123 Å². The Kier molecular flexibility index (Phi) is 6.04. The molecule has 2 aliphatic rings. The van der Waals surface area contributed by atoms with Gasteiger partial charge in [-0.25, -0.2) is 4.79 Å². The molecule has 0 saturated heterocycles. The SMILES string of the molecule is CC(=O)N(c1nnc(SCC(=O)NC(=O)Nc2ccc3c(c2)OCCO3)s1)C1CC1. The number of benzene rings is 1. The van der Waals surface area contributed by atoms with Crippen LogP contribution in [0.25, 0.3) is 0 Å². The first kappa shape index (κ1) is 20.4. The van der Waals surface area contributed by atoms with Gasteiger partial charge in [-0.15, -0.1) is 10.2 Å². The average Bonchev–Trinajstić information content (AvgIpc) is 3.43. The van der Waals surface area contributed by atoms with Crippen LogP contribution in [0.2, 0.25) is 0 Å². The second kappa shape index (κ2) is 8.88. The zero-order valence-corrected chi connectivity index (χ0v) is 17.7. The molecule has 1 saturated carbocycles. The van der Waals surface area contributed by atoms with E-state index in [2.05, 4.69) is 20.8 Å². The zero-order chi connectivity index (χ0) is 21.1. The summed E-state index contributed by atoms with van der Waals surface area (Å²) in [5.74, 6) is 0.600. The molecule has 158 valence electrons. The standard InChI is InChI=1S/C18H19N5O5S2/c1-10(24)23(12-3-4-12)17-21-22-18(30-17)29-9-15(25)20-16(26)19-11-2-5-13-14(8-11)28-7-6-27-13/h2,5,8,12H,3-4,6-7,9H2,1H3,(H2,19,20,25,26). The maximum Gasteiger partial charge on any atom is 0.325 e. The molecule has 4 amide bonds. The highest BCUT2D eigenvalue weighted by Crippen LogP contribution is 2.36. The quantitative estimate of drug-likeness (QED) is 0.509. The maximum atomic E-state index is 12.1. The number of carbonyl (C=O) groups excluding carboxylic acids is 3. The monoisotopic (exact) mass is 449 g/mol. The number of nitrogens with one attached hydrogen (secondary N) is 2. The smallest absolute Gasteiger partial charge is 0.325 e. The average molecular weight is 450 g/mol. The van der Waals surface area contributed by atoms with Crippen LogP contribution in [0.15, 0.2) is 22.5 Å². The van der Waals surface area contributed by atoms with E-state index < -0.39 is 11.9 Å². The molecule has 4 rings (SSSR count). The largest absolute Gasteiger partial charge is 0.486 e. The summed E-state index contributed by atoms with van der Waals surface area (Å²) in [5, 5.41) is 13.5. The lowest BCUT2D eigenvalue weighted by molar-refractivity contribution is -0.118. The van der Waals surface area contributed by atoms with Gasteiger partial charge in [-0.2, -0.15) is 0 Å². The molecule has 2 heterocycles. The van der Waals surface area contributed by atoms with Crippen LogP contribution >= 0.6 is 23.1 Å². The van der Waals surface area contributed by atoms with Crippen molar-refractivity contribution in [3.05, 3.63) is 18.2 Å². The number of hydrogen-bond acceptors (Lipinski definition) is 9. The molecule has 12 heteroatoms. The van der Waals surface area contributed by atoms with Crippen LogP contribution in [0.5, 0.6) is 11.5 Å².